The van der Waals surface area contributed by atoms with Gasteiger partial charge in [0.05, 0.1) is 0 Å². The summed E-state index contributed by atoms with van der Waals surface area (Å²) in [7, 11) is 0. The SMILES string of the molecule is C[C@H](NCc1cc(F)cc(Br)c1)c1cccc(Cl)c1. The molecule has 0 aliphatic heterocycles. The lowest BCUT2D eigenvalue weighted by molar-refractivity contribution is 0.569. The van der Waals surface area contributed by atoms with E-state index in [-0.39, 0.29) is 11.9 Å². The molecule has 0 unspecified atom stereocenters. The Morgan fingerprint density at radius 1 is 1.26 bits per heavy atom. The molecule has 0 aliphatic rings. The van der Waals surface area contributed by atoms with Crippen molar-refractivity contribution >= 4 is 27.5 Å². The smallest absolute Gasteiger partial charge is 0.124 e. The molecule has 0 radical (unpaired) electrons. The van der Waals surface area contributed by atoms with E-state index in [2.05, 4.69) is 28.2 Å². The Bertz CT molecular complexity index is 554. The maximum absolute atomic E-state index is 13.3. The molecule has 1 N–H and O–H groups in total. The summed E-state index contributed by atoms with van der Waals surface area (Å²) < 4.78 is 14.0. The van der Waals surface area contributed by atoms with Gasteiger partial charge in [0.2, 0.25) is 0 Å². The molecule has 1 atom stereocenters. The number of benzene rings is 2. The van der Waals surface area contributed by atoms with Crippen LogP contribution < -0.4 is 5.32 Å². The zero-order valence-electron chi connectivity index (χ0n) is 10.5. The number of hydrogen-bond acceptors (Lipinski definition) is 1. The fraction of sp³-hybridized carbons (Fsp3) is 0.200. The first-order valence-corrected chi connectivity index (χ1v) is 7.15. The summed E-state index contributed by atoms with van der Waals surface area (Å²) in [5.74, 6) is -0.235. The van der Waals surface area contributed by atoms with Crippen molar-refractivity contribution in [2.75, 3.05) is 0 Å². The van der Waals surface area contributed by atoms with E-state index < -0.39 is 0 Å². The van der Waals surface area contributed by atoms with Crippen LogP contribution >= 0.6 is 27.5 Å². The number of halogens is 3. The van der Waals surface area contributed by atoms with E-state index in [0.717, 1.165) is 20.6 Å². The molecule has 0 amide bonds. The summed E-state index contributed by atoms with van der Waals surface area (Å²) in [5.41, 5.74) is 2.02. The molecule has 0 heterocycles. The maximum Gasteiger partial charge on any atom is 0.124 e. The third-order valence-electron chi connectivity index (χ3n) is 2.88. The van der Waals surface area contributed by atoms with Crippen molar-refractivity contribution < 1.29 is 4.39 Å². The molecule has 0 saturated heterocycles. The first-order chi connectivity index (χ1) is 9.04. The zero-order chi connectivity index (χ0) is 13.8. The Kier molecular flexibility index (Phi) is 4.97. The lowest BCUT2D eigenvalue weighted by atomic mass is 10.1. The van der Waals surface area contributed by atoms with Gasteiger partial charge in [-0.05, 0) is 48.4 Å². The number of rotatable bonds is 4. The normalized spacial score (nSPS) is 12.4. The number of hydrogen-bond donors (Lipinski definition) is 1. The van der Waals surface area contributed by atoms with Gasteiger partial charge in [0.1, 0.15) is 5.82 Å². The maximum atomic E-state index is 13.3. The molecule has 1 nitrogen and oxygen atoms in total. The molecule has 100 valence electrons. The first-order valence-electron chi connectivity index (χ1n) is 5.98. The van der Waals surface area contributed by atoms with E-state index in [1.807, 2.05) is 30.3 Å². The van der Waals surface area contributed by atoms with Crippen molar-refractivity contribution in [3.8, 4) is 0 Å². The second kappa shape index (κ2) is 6.51. The van der Waals surface area contributed by atoms with Gasteiger partial charge < -0.3 is 5.32 Å². The quantitative estimate of drug-likeness (QED) is 0.816. The van der Waals surface area contributed by atoms with Crippen molar-refractivity contribution in [3.05, 3.63) is 68.9 Å². The lowest BCUT2D eigenvalue weighted by Gasteiger charge is -2.15. The first kappa shape index (κ1) is 14.5. The molecule has 2 rings (SSSR count). The van der Waals surface area contributed by atoms with Crippen LogP contribution in [0, 0.1) is 5.82 Å². The molecule has 2 aromatic rings. The minimum atomic E-state index is -0.235. The Morgan fingerprint density at radius 3 is 2.74 bits per heavy atom. The highest BCUT2D eigenvalue weighted by atomic mass is 79.9. The fourth-order valence-corrected chi connectivity index (χ4v) is 2.59. The van der Waals surface area contributed by atoms with E-state index in [4.69, 9.17) is 11.6 Å². The van der Waals surface area contributed by atoms with Crippen LogP contribution in [-0.4, -0.2) is 0 Å². The molecule has 2 aromatic carbocycles. The van der Waals surface area contributed by atoms with Gasteiger partial charge in [-0.2, -0.15) is 0 Å². The fourth-order valence-electron chi connectivity index (χ4n) is 1.88. The summed E-state index contributed by atoms with van der Waals surface area (Å²) >= 11 is 9.25. The van der Waals surface area contributed by atoms with Gasteiger partial charge in [-0.1, -0.05) is 39.7 Å². The molecule has 0 fully saturated rings. The number of nitrogens with one attached hydrogen (secondary N) is 1. The van der Waals surface area contributed by atoms with Crippen LogP contribution in [0.4, 0.5) is 4.39 Å². The summed E-state index contributed by atoms with van der Waals surface area (Å²) in [4.78, 5) is 0. The summed E-state index contributed by atoms with van der Waals surface area (Å²) in [6, 6.07) is 12.8. The third kappa shape index (κ3) is 4.30. The van der Waals surface area contributed by atoms with Crippen molar-refractivity contribution in [2.45, 2.75) is 19.5 Å². The standard InChI is InChI=1S/C15H14BrClFN/c1-10(12-3-2-4-14(17)7-12)19-9-11-5-13(16)8-15(18)6-11/h2-8,10,19H,9H2,1H3/t10-/m0/s1. The van der Waals surface area contributed by atoms with E-state index in [0.29, 0.717) is 6.54 Å². The zero-order valence-corrected chi connectivity index (χ0v) is 12.8. The highest BCUT2D eigenvalue weighted by Gasteiger charge is 2.06. The monoisotopic (exact) mass is 341 g/mol. The Labute approximate surface area is 125 Å². The lowest BCUT2D eigenvalue weighted by Crippen LogP contribution is -2.18. The van der Waals surface area contributed by atoms with Gasteiger partial charge in [0.15, 0.2) is 0 Å². The van der Waals surface area contributed by atoms with E-state index in [1.165, 1.54) is 12.1 Å². The predicted octanol–water partition coefficient (Wildman–Crippen LogP) is 5.09. The average molecular weight is 343 g/mol. The van der Waals surface area contributed by atoms with Crippen molar-refractivity contribution in [1.29, 1.82) is 0 Å². The molecular formula is C15H14BrClFN. The van der Waals surface area contributed by atoms with Crippen LogP contribution in [0.5, 0.6) is 0 Å². The van der Waals surface area contributed by atoms with Gasteiger partial charge >= 0.3 is 0 Å². The molecule has 0 spiro atoms. The van der Waals surface area contributed by atoms with Crippen molar-refractivity contribution in [1.82, 2.24) is 5.32 Å². The van der Waals surface area contributed by atoms with Crippen LogP contribution in [0.2, 0.25) is 5.02 Å². The molecule has 0 aromatic heterocycles. The summed E-state index contributed by atoms with van der Waals surface area (Å²) in [6.07, 6.45) is 0. The second-order valence-electron chi connectivity index (χ2n) is 4.44. The molecule has 0 bridgehead atoms. The Balaban J connectivity index is 2.02. The largest absolute Gasteiger partial charge is 0.306 e. The van der Waals surface area contributed by atoms with Crippen LogP contribution in [-0.2, 0) is 6.54 Å². The van der Waals surface area contributed by atoms with Crippen LogP contribution in [0.15, 0.2) is 46.9 Å². The van der Waals surface area contributed by atoms with E-state index >= 15 is 0 Å². The van der Waals surface area contributed by atoms with Crippen LogP contribution in [0.25, 0.3) is 0 Å². The highest BCUT2D eigenvalue weighted by Crippen LogP contribution is 2.19. The third-order valence-corrected chi connectivity index (χ3v) is 3.58. The van der Waals surface area contributed by atoms with Crippen LogP contribution in [0.1, 0.15) is 24.1 Å². The minimum Gasteiger partial charge on any atom is -0.306 e. The highest BCUT2D eigenvalue weighted by molar-refractivity contribution is 9.10. The second-order valence-corrected chi connectivity index (χ2v) is 5.79. The van der Waals surface area contributed by atoms with Crippen molar-refractivity contribution in [2.24, 2.45) is 0 Å². The minimum absolute atomic E-state index is 0.153. The van der Waals surface area contributed by atoms with E-state index in [9.17, 15) is 4.39 Å². The van der Waals surface area contributed by atoms with Gasteiger partial charge in [-0.25, -0.2) is 4.39 Å². The van der Waals surface area contributed by atoms with Crippen LogP contribution in [0.3, 0.4) is 0 Å². The summed E-state index contributed by atoms with van der Waals surface area (Å²) in [6.45, 7) is 2.66. The average Bonchev–Trinajstić information content (AvgIpc) is 2.35. The van der Waals surface area contributed by atoms with E-state index in [1.54, 1.807) is 0 Å². The van der Waals surface area contributed by atoms with Gasteiger partial charge in [0, 0.05) is 22.1 Å². The molecule has 19 heavy (non-hydrogen) atoms. The summed E-state index contributed by atoms with van der Waals surface area (Å²) in [5, 5.41) is 4.07. The predicted molar refractivity (Wildman–Crippen MR) is 80.8 cm³/mol. The molecule has 0 aliphatic carbocycles. The van der Waals surface area contributed by atoms with Gasteiger partial charge in [0.25, 0.3) is 0 Å². The molecule has 4 heteroatoms. The van der Waals surface area contributed by atoms with Crippen molar-refractivity contribution in [3.63, 3.8) is 0 Å². The molecule has 0 saturated carbocycles. The topological polar surface area (TPSA) is 12.0 Å². The van der Waals surface area contributed by atoms with Gasteiger partial charge in [-0.15, -0.1) is 0 Å². The Morgan fingerprint density at radius 2 is 2.05 bits per heavy atom. The van der Waals surface area contributed by atoms with Gasteiger partial charge in [-0.3, -0.25) is 0 Å². The molecular weight excluding hydrogens is 329 g/mol. The Hall–Kier alpha value is -0.900.